The van der Waals surface area contributed by atoms with E-state index < -0.39 is 0 Å². The predicted octanol–water partition coefficient (Wildman–Crippen LogP) is 9.31. The predicted molar refractivity (Wildman–Crippen MR) is 185 cm³/mol. The molecule has 0 spiro atoms. The van der Waals surface area contributed by atoms with Gasteiger partial charge in [0.2, 0.25) is 5.95 Å². The Morgan fingerprint density at radius 2 is 0.848 bits per heavy atom. The monoisotopic (exact) mass is 590 g/mol. The Kier molecular flexibility index (Phi) is 6.03. The second kappa shape index (κ2) is 10.6. The number of nitrogens with zero attached hydrogens (tertiary/aromatic N) is 6. The van der Waals surface area contributed by atoms with Crippen molar-refractivity contribution in [3.8, 4) is 45.8 Å². The third-order valence-electron chi connectivity index (χ3n) is 8.41. The molecule has 0 atom stereocenters. The van der Waals surface area contributed by atoms with Crippen LogP contribution in [0.5, 0.6) is 0 Å². The van der Waals surface area contributed by atoms with Crippen LogP contribution in [0, 0.1) is 0 Å². The van der Waals surface area contributed by atoms with Crippen LogP contribution in [0.1, 0.15) is 0 Å². The fourth-order valence-corrected chi connectivity index (χ4v) is 6.28. The van der Waals surface area contributed by atoms with Crippen molar-refractivity contribution in [1.82, 2.24) is 29.1 Å². The van der Waals surface area contributed by atoms with E-state index in [2.05, 4.69) is 112 Å². The highest BCUT2D eigenvalue weighted by molar-refractivity contribution is 6.09. The molecule has 9 aromatic rings. The molecule has 0 radical (unpaired) electrons. The summed E-state index contributed by atoms with van der Waals surface area (Å²) in [6, 6.07) is 53.8. The summed E-state index contributed by atoms with van der Waals surface area (Å²) in [6.07, 6.45) is 0. The summed E-state index contributed by atoms with van der Waals surface area (Å²) in [4.78, 5) is 20.1. The molecule has 6 aromatic carbocycles. The van der Waals surface area contributed by atoms with Crippen LogP contribution in [0.4, 0.5) is 0 Å². The molecule has 216 valence electrons. The number of hydrogen-bond donors (Lipinski definition) is 0. The van der Waals surface area contributed by atoms with Gasteiger partial charge >= 0.3 is 0 Å². The molecule has 0 N–H and O–H groups in total. The fourth-order valence-electron chi connectivity index (χ4n) is 6.28. The van der Waals surface area contributed by atoms with Crippen LogP contribution < -0.4 is 0 Å². The minimum atomic E-state index is 0.581. The molecule has 6 nitrogen and oxygen atoms in total. The van der Waals surface area contributed by atoms with E-state index in [1.807, 2.05) is 54.6 Å². The lowest BCUT2D eigenvalue weighted by atomic mass is 10.1. The van der Waals surface area contributed by atoms with Gasteiger partial charge in [0.1, 0.15) is 5.82 Å². The van der Waals surface area contributed by atoms with E-state index in [-0.39, 0.29) is 0 Å². The van der Waals surface area contributed by atoms with E-state index in [4.69, 9.17) is 19.9 Å². The first kappa shape index (κ1) is 26.0. The molecule has 0 fully saturated rings. The van der Waals surface area contributed by atoms with Crippen LogP contribution in [0.2, 0.25) is 0 Å². The average molecular weight is 591 g/mol. The first-order valence-electron chi connectivity index (χ1n) is 15.3. The SMILES string of the molecule is c1ccc(-c2nc(-c3ccc(-n4c(-c5ccccc5)nc5ccccc54)cc3)nc(-n3c4ccccc4c4ccccc43)n2)cc1. The molecule has 0 saturated heterocycles. The van der Waals surface area contributed by atoms with Crippen molar-refractivity contribution in [2.24, 2.45) is 0 Å². The Labute approximate surface area is 264 Å². The number of hydrogen-bond acceptors (Lipinski definition) is 4. The third kappa shape index (κ3) is 4.27. The molecule has 0 aliphatic carbocycles. The zero-order valence-electron chi connectivity index (χ0n) is 24.7. The minimum absolute atomic E-state index is 0.581. The standard InChI is InChI=1S/C40H26N6/c1-3-13-27(14-4-1)37-42-38(44-40(43-37)46-34-20-10-7-17-31(34)32-18-8-11-21-35(32)46)28-23-25-30(26-24-28)45-36-22-12-9-19-33(36)41-39(45)29-15-5-2-6-16-29/h1-26H. The Morgan fingerprint density at radius 1 is 0.348 bits per heavy atom. The molecule has 3 heterocycles. The normalized spacial score (nSPS) is 11.5. The van der Waals surface area contributed by atoms with Crippen molar-refractivity contribution in [3.63, 3.8) is 0 Å². The third-order valence-corrected chi connectivity index (χ3v) is 8.41. The van der Waals surface area contributed by atoms with E-state index in [0.717, 1.165) is 61.0 Å². The number of benzene rings is 6. The molecule has 9 rings (SSSR count). The van der Waals surface area contributed by atoms with Gasteiger partial charge in [0.25, 0.3) is 0 Å². The summed E-state index contributed by atoms with van der Waals surface area (Å²) in [7, 11) is 0. The van der Waals surface area contributed by atoms with Gasteiger partial charge in [-0.2, -0.15) is 9.97 Å². The molecular formula is C40H26N6. The van der Waals surface area contributed by atoms with Gasteiger partial charge < -0.3 is 0 Å². The number of fused-ring (bicyclic) bond motifs is 4. The van der Waals surface area contributed by atoms with Gasteiger partial charge in [0.15, 0.2) is 11.6 Å². The van der Waals surface area contributed by atoms with Crippen LogP contribution in [-0.4, -0.2) is 29.1 Å². The quantitative estimate of drug-likeness (QED) is 0.200. The summed E-state index contributed by atoms with van der Waals surface area (Å²) >= 11 is 0. The van der Waals surface area contributed by atoms with Crippen LogP contribution in [0.15, 0.2) is 158 Å². The molecule has 6 heteroatoms. The lowest BCUT2D eigenvalue weighted by Gasteiger charge is -2.12. The minimum Gasteiger partial charge on any atom is -0.292 e. The summed E-state index contributed by atoms with van der Waals surface area (Å²) < 4.78 is 4.35. The number of aromatic nitrogens is 6. The highest BCUT2D eigenvalue weighted by Crippen LogP contribution is 2.33. The lowest BCUT2D eigenvalue weighted by molar-refractivity contribution is 0.953. The van der Waals surface area contributed by atoms with Gasteiger partial charge in [-0.3, -0.25) is 9.13 Å². The molecule has 0 aliphatic heterocycles. The lowest BCUT2D eigenvalue weighted by Crippen LogP contribution is -2.06. The van der Waals surface area contributed by atoms with E-state index >= 15 is 0 Å². The summed E-state index contributed by atoms with van der Waals surface area (Å²) in [6.45, 7) is 0. The Balaban J connectivity index is 1.22. The highest BCUT2D eigenvalue weighted by atomic mass is 15.2. The first-order valence-corrected chi connectivity index (χ1v) is 15.3. The van der Waals surface area contributed by atoms with Crippen LogP contribution in [0.25, 0.3) is 78.6 Å². The smallest absolute Gasteiger partial charge is 0.238 e. The van der Waals surface area contributed by atoms with Crippen LogP contribution in [0.3, 0.4) is 0 Å². The fraction of sp³-hybridized carbons (Fsp3) is 0. The van der Waals surface area contributed by atoms with Crippen LogP contribution >= 0.6 is 0 Å². The van der Waals surface area contributed by atoms with Crippen molar-refractivity contribution in [2.75, 3.05) is 0 Å². The van der Waals surface area contributed by atoms with Crippen molar-refractivity contribution < 1.29 is 0 Å². The Hall–Kier alpha value is -6.40. The Morgan fingerprint density at radius 3 is 1.48 bits per heavy atom. The van der Waals surface area contributed by atoms with Crippen molar-refractivity contribution in [1.29, 1.82) is 0 Å². The summed E-state index contributed by atoms with van der Waals surface area (Å²) in [5.41, 5.74) is 8.00. The molecule has 0 saturated carbocycles. The molecule has 46 heavy (non-hydrogen) atoms. The number of para-hydroxylation sites is 4. The molecular weight excluding hydrogens is 564 g/mol. The summed E-state index contributed by atoms with van der Waals surface area (Å²) in [5, 5.41) is 2.32. The van der Waals surface area contributed by atoms with Gasteiger partial charge in [0, 0.05) is 33.2 Å². The van der Waals surface area contributed by atoms with Crippen molar-refractivity contribution in [2.45, 2.75) is 0 Å². The zero-order chi connectivity index (χ0) is 30.5. The van der Waals surface area contributed by atoms with Gasteiger partial charge in [-0.25, -0.2) is 9.97 Å². The Bertz CT molecular complexity index is 2460. The van der Waals surface area contributed by atoms with Gasteiger partial charge in [-0.15, -0.1) is 0 Å². The van der Waals surface area contributed by atoms with Gasteiger partial charge in [0.05, 0.1) is 22.1 Å². The van der Waals surface area contributed by atoms with Gasteiger partial charge in [-0.1, -0.05) is 109 Å². The van der Waals surface area contributed by atoms with E-state index in [1.165, 1.54) is 0 Å². The van der Waals surface area contributed by atoms with Crippen LogP contribution in [-0.2, 0) is 0 Å². The van der Waals surface area contributed by atoms with E-state index in [9.17, 15) is 0 Å². The van der Waals surface area contributed by atoms with E-state index in [1.54, 1.807) is 0 Å². The topological polar surface area (TPSA) is 61.4 Å². The van der Waals surface area contributed by atoms with Crippen molar-refractivity contribution >= 4 is 32.8 Å². The second-order valence-corrected chi connectivity index (χ2v) is 11.2. The number of imidazole rings is 1. The molecule has 0 unspecified atom stereocenters. The van der Waals surface area contributed by atoms with E-state index in [0.29, 0.717) is 17.6 Å². The average Bonchev–Trinajstić information content (AvgIpc) is 3.69. The molecule has 0 aliphatic rings. The molecule has 0 bridgehead atoms. The second-order valence-electron chi connectivity index (χ2n) is 11.2. The maximum Gasteiger partial charge on any atom is 0.238 e. The zero-order valence-corrected chi connectivity index (χ0v) is 24.7. The highest BCUT2D eigenvalue weighted by Gasteiger charge is 2.18. The van der Waals surface area contributed by atoms with Crippen molar-refractivity contribution in [3.05, 3.63) is 158 Å². The van der Waals surface area contributed by atoms with Gasteiger partial charge in [-0.05, 0) is 48.5 Å². The molecule has 0 amide bonds. The maximum absolute atomic E-state index is 5.10. The first-order chi connectivity index (χ1) is 22.8. The summed E-state index contributed by atoms with van der Waals surface area (Å²) in [5.74, 6) is 2.71. The molecule has 3 aromatic heterocycles. The maximum atomic E-state index is 5.10. The number of rotatable bonds is 5. The largest absolute Gasteiger partial charge is 0.292 e.